The standard InChI is InChI=1S/C6H7N2O/c7-4-1-2-5(8)6(9)3-4/h1-3H,7-8H2. The third kappa shape index (κ3) is 1.05. The van der Waals surface area contributed by atoms with Crippen molar-refractivity contribution in [3.05, 3.63) is 18.2 Å². The Morgan fingerprint density at radius 3 is 2.33 bits per heavy atom. The minimum absolute atomic E-state index is 0.213. The second-order valence-corrected chi connectivity index (χ2v) is 1.80. The van der Waals surface area contributed by atoms with Crippen molar-refractivity contribution < 1.29 is 5.11 Å². The third-order valence-electron chi connectivity index (χ3n) is 1.04. The number of benzene rings is 1. The molecule has 9 heavy (non-hydrogen) atoms. The van der Waals surface area contributed by atoms with Gasteiger partial charge in [-0.1, -0.05) is 0 Å². The van der Waals surface area contributed by atoms with Gasteiger partial charge >= 0.3 is 0 Å². The van der Waals surface area contributed by atoms with E-state index in [2.05, 4.69) is 0 Å². The maximum Gasteiger partial charge on any atom is 0.203 e. The summed E-state index contributed by atoms with van der Waals surface area (Å²) in [7, 11) is 0. The summed E-state index contributed by atoms with van der Waals surface area (Å²) in [6.45, 7) is 0. The van der Waals surface area contributed by atoms with Crippen molar-refractivity contribution in [3.8, 4) is 5.75 Å². The van der Waals surface area contributed by atoms with Crippen LogP contribution in [0, 0.1) is 0 Å². The van der Waals surface area contributed by atoms with Gasteiger partial charge in [-0.05, 0) is 12.1 Å². The van der Waals surface area contributed by atoms with Crippen LogP contribution in [0.1, 0.15) is 0 Å². The lowest BCUT2D eigenvalue weighted by atomic mass is 10.3. The Morgan fingerprint density at radius 1 is 1.22 bits per heavy atom. The van der Waals surface area contributed by atoms with Gasteiger partial charge in [0.15, 0.2) is 0 Å². The highest BCUT2D eigenvalue weighted by Gasteiger charge is 1.95. The fourth-order valence-electron chi connectivity index (χ4n) is 0.551. The largest absolute Gasteiger partial charge is 0.399 e. The van der Waals surface area contributed by atoms with Gasteiger partial charge in [0.25, 0.3) is 0 Å². The molecular weight excluding hydrogens is 116 g/mol. The van der Waals surface area contributed by atoms with Gasteiger partial charge in [-0.25, -0.2) is 0 Å². The van der Waals surface area contributed by atoms with E-state index in [4.69, 9.17) is 11.5 Å². The second-order valence-electron chi connectivity index (χ2n) is 1.80. The lowest BCUT2D eigenvalue weighted by Gasteiger charge is -1.94. The van der Waals surface area contributed by atoms with Crippen LogP contribution < -0.4 is 11.5 Å². The average molecular weight is 123 g/mol. The van der Waals surface area contributed by atoms with Crippen molar-refractivity contribution in [2.24, 2.45) is 0 Å². The molecule has 0 atom stereocenters. The van der Waals surface area contributed by atoms with Crippen molar-refractivity contribution in [1.29, 1.82) is 0 Å². The Morgan fingerprint density at radius 2 is 1.89 bits per heavy atom. The van der Waals surface area contributed by atoms with Crippen LogP contribution in [0.3, 0.4) is 0 Å². The molecule has 3 heteroatoms. The highest BCUT2D eigenvalue weighted by molar-refractivity contribution is 5.58. The lowest BCUT2D eigenvalue weighted by Crippen LogP contribution is -1.87. The van der Waals surface area contributed by atoms with Crippen molar-refractivity contribution in [3.63, 3.8) is 0 Å². The van der Waals surface area contributed by atoms with Gasteiger partial charge in [0, 0.05) is 11.8 Å². The Kier molecular flexibility index (Phi) is 1.18. The highest BCUT2D eigenvalue weighted by Crippen LogP contribution is 2.21. The Labute approximate surface area is 52.9 Å². The zero-order valence-corrected chi connectivity index (χ0v) is 4.79. The van der Waals surface area contributed by atoms with Crippen LogP contribution >= 0.6 is 0 Å². The Balaban J connectivity index is 3.17. The summed E-state index contributed by atoms with van der Waals surface area (Å²) in [6, 6.07) is 4.39. The maximum atomic E-state index is 10.6. The van der Waals surface area contributed by atoms with Crippen molar-refractivity contribution in [2.75, 3.05) is 11.5 Å². The molecule has 1 aromatic rings. The highest BCUT2D eigenvalue weighted by atomic mass is 16.3. The molecule has 0 saturated heterocycles. The molecule has 0 heterocycles. The summed E-state index contributed by atoms with van der Waals surface area (Å²) < 4.78 is 0. The fraction of sp³-hybridized carbons (Fsp3) is 0. The lowest BCUT2D eigenvalue weighted by molar-refractivity contribution is 0.357. The normalized spacial score (nSPS) is 9.33. The predicted molar refractivity (Wildman–Crippen MR) is 35.4 cm³/mol. The van der Waals surface area contributed by atoms with Gasteiger partial charge < -0.3 is 11.5 Å². The molecule has 1 aromatic carbocycles. The molecule has 0 amide bonds. The van der Waals surface area contributed by atoms with E-state index in [0.29, 0.717) is 5.69 Å². The fourth-order valence-corrected chi connectivity index (χ4v) is 0.551. The summed E-state index contributed by atoms with van der Waals surface area (Å²) >= 11 is 0. The SMILES string of the molecule is Nc1ccc(N)c([O])c1. The molecule has 0 aromatic heterocycles. The van der Waals surface area contributed by atoms with E-state index < -0.39 is 0 Å². The zero-order valence-electron chi connectivity index (χ0n) is 4.79. The van der Waals surface area contributed by atoms with Crippen LogP contribution in [0.15, 0.2) is 18.2 Å². The van der Waals surface area contributed by atoms with Crippen LogP contribution in [0.5, 0.6) is 5.75 Å². The molecule has 0 saturated carbocycles. The van der Waals surface area contributed by atoms with Crippen molar-refractivity contribution in [2.45, 2.75) is 0 Å². The monoisotopic (exact) mass is 123 g/mol. The minimum Gasteiger partial charge on any atom is -0.399 e. The van der Waals surface area contributed by atoms with E-state index >= 15 is 0 Å². The smallest absolute Gasteiger partial charge is 0.203 e. The number of nitrogens with two attached hydrogens (primary N) is 2. The molecule has 3 nitrogen and oxygen atoms in total. The number of hydrogen-bond acceptors (Lipinski definition) is 2. The predicted octanol–water partition coefficient (Wildman–Crippen LogP) is 0.995. The summed E-state index contributed by atoms with van der Waals surface area (Å²) in [5, 5.41) is 10.6. The van der Waals surface area contributed by atoms with Crippen molar-refractivity contribution >= 4 is 11.4 Å². The van der Waals surface area contributed by atoms with Gasteiger partial charge in [0.2, 0.25) is 5.75 Å². The number of anilines is 2. The van der Waals surface area contributed by atoms with E-state index in [0.717, 1.165) is 0 Å². The average Bonchev–Trinajstić information content (AvgIpc) is 1.80. The quantitative estimate of drug-likeness (QED) is 0.505. The maximum absolute atomic E-state index is 10.6. The summed E-state index contributed by atoms with van der Waals surface area (Å²) in [5.41, 5.74) is 11.2. The first-order valence-corrected chi connectivity index (χ1v) is 2.52. The second kappa shape index (κ2) is 1.85. The van der Waals surface area contributed by atoms with Gasteiger partial charge in [-0.2, -0.15) is 0 Å². The van der Waals surface area contributed by atoms with E-state index in [1.54, 1.807) is 6.07 Å². The molecule has 4 N–H and O–H groups in total. The molecule has 47 valence electrons. The van der Waals surface area contributed by atoms with Gasteiger partial charge in [-0.3, -0.25) is 5.11 Å². The molecule has 0 bridgehead atoms. The van der Waals surface area contributed by atoms with Crippen LogP contribution in [0.2, 0.25) is 0 Å². The summed E-state index contributed by atoms with van der Waals surface area (Å²) in [4.78, 5) is 0. The van der Waals surface area contributed by atoms with E-state index in [9.17, 15) is 5.11 Å². The van der Waals surface area contributed by atoms with Crippen LogP contribution in [-0.2, 0) is 5.11 Å². The molecule has 0 fully saturated rings. The molecule has 1 rings (SSSR count). The van der Waals surface area contributed by atoms with Gasteiger partial charge in [0.05, 0.1) is 5.69 Å². The third-order valence-corrected chi connectivity index (χ3v) is 1.04. The van der Waals surface area contributed by atoms with Gasteiger partial charge in [0.1, 0.15) is 0 Å². The molecule has 0 aliphatic heterocycles. The number of hydrogen-bond donors (Lipinski definition) is 2. The summed E-state index contributed by atoms with van der Waals surface area (Å²) in [6.07, 6.45) is 0. The van der Waals surface area contributed by atoms with Crippen LogP contribution in [-0.4, -0.2) is 0 Å². The molecule has 0 aliphatic carbocycles. The first kappa shape index (κ1) is 5.75. The van der Waals surface area contributed by atoms with Crippen LogP contribution in [0.25, 0.3) is 0 Å². The zero-order chi connectivity index (χ0) is 6.85. The number of rotatable bonds is 0. The van der Waals surface area contributed by atoms with Crippen molar-refractivity contribution in [1.82, 2.24) is 0 Å². The first-order valence-electron chi connectivity index (χ1n) is 2.52. The summed E-state index contributed by atoms with van der Waals surface area (Å²) in [5.74, 6) is -0.213. The van der Waals surface area contributed by atoms with Gasteiger partial charge in [-0.15, -0.1) is 0 Å². The molecule has 0 unspecified atom stereocenters. The Bertz CT molecular complexity index is 222. The Hall–Kier alpha value is -1.38. The van der Waals surface area contributed by atoms with E-state index in [1.165, 1.54) is 12.1 Å². The topological polar surface area (TPSA) is 71.9 Å². The molecular formula is C6H7N2O. The molecule has 0 spiro atoms. The minimum atomic E-state index is -0.213. The first-order chi connectivity index (χ1) is 4.20. The van der Waals surface area contributed by atoms with E-state index in [1.807, 2.05) is 0 Å². The number of nitrogen functional groups attached to an aromatic ring is 2. The van der Waals surface area contributed by atoms with Crippen LogP contribution in [0.4, 0.5) is 11.4 Å². The molecule has 1 radical (unpaired) electrons. The molecule has 0 aliphatic rings. The van der Waals surface area contributed by atoms with E-state index in [-0.39, 0.29) is 11.4 Å².